The Morgan fingerprint density at radius 2 is 1.49 bits per heavy atom. The van der Waals surface area contributed by atoms with Crippen LogP contribution in [0.25, 0.3) is 11.4 Å². The van der Waals surface area contributed by atoms with Crippen molar-refractivity contribution in [2.45, 2.75) is 66.2 Å². The van der Waals surface area contributed by atoms with Gasteiger partial charge in [-0.2, -0.15) is 15.0 Å². The Morgan fingerprint density at radius 1 is 0.878 bits per heavy atom. The van der Waals surface area contributed by atoms with Gasteiger partial charge in [-0.05, 0) is 39.2 Å². The molecule has 0 aromatic carbocycles. The predicted molar refractivity (Wildman–Crippen MR) is 181 cm³/mol. The fourth-order valence-corrected chi connectivity index (χ4v) is 6.00. The molecule has 0 spiro atoms. The van der Waals surface area contributed by atoms with Crippen molar-refractivity contribution in [1.29, 1.82) is 0 Å². The molecule has 3 aliphatic rings. The van der Waals surface area contributed by atoms with E-state index in [2.05, 4.69) is 24.9 Å². The molecule has 2 aromatic heterocycles. The average molecular weight is 687 g/mol. The van der Waals surface area contributed by atoms with Crippen LogP contribution in [0.1, 0.15) is 71.9 Å². The van der Waals surface area contributed by atoms with E-state index in [4.69, 9.17) is 10.5 Å². The minimum Gasteiger partial charge on any atom is -0.378 e. The van der Waals surface area contributed by atoms with Gasteiger partial charge in [0.2, 0.25) is 29.7 Å². The summed E-state index contributed by atoms with van der Waals surface area (Å²) in [4.78, 5) is 66.9. The Balaban J connectivity index is 0.00000265. The van der Waals surface area contributed by atoms with Gasteiger partial charge in [0, 0.05) is 77.3 Å². The lowest BCUT2D eigenvalue weighted by atomic mass is 9.94. The van der Waals surface area contributed by atoms with Crippen molar-refractivity contribution < 1.29 is 27.9 Å². The first-order valence-electron chi connectivity index (χ1n) is 17.1. The Morgan fingerprint density at radius 3 is 2.08 bits per heavy atom. The van der Waals surface area contributed by atoms with Gasteiger partial charge in [-0.15, -0.1) is 0 Å². The maximum Gasteiger partial charge on any atom is 0.281 e. The summed E-state index contributed by atoms with van der Waals surface area (Å²) in [6.07, 6.45) is 2.28. The number of hydrogen-bond acceptors (Lipinski definition) is 12. The second kappa shape index (κ2) is 17.9. The fraction of sp³-hybridized carbons (Fsp3) is 0.636. The summed E-state index contributed by atoms with van der Waals surface area (Å²) in [7, 11) is 0. The van der Waals surface area contributed by atoms with Crippen LogP contribution < -0.4 is 15.5 Å². The van der Waals surface area contributed by atoms with Gasteiger partial charge in [0.1, 0.15) is 5.69 Å². The molecular formula is C33H48F2N10O4. The summed E-state index contributed by atoms with van der Waals surface area (Å²) in [5.74, 6) is 0.357. The molecule has 3 aliphatic heterocycles. The van der Waals surface area contributed by atoms with Crippen LogP contribution in [0.2, 0.25) is 0 Å². The smallest absolute Gasteiger partial charge is 0.281 e. The van der Waals surface area contributed by atoms with E-state index in [1.165, 1.54) is 6.20 Å². The number of anilines is 3. The highest BCUT2D eigenvalue weighted by atomic mass is 19.3. The van der Waals surface area contributed by atoms with Gasteiger partial charge in [0.05, 0.1) is 18.8 Å². The maximum atomic E-state index is 13.9. The second-order valence-electron chi connectivity index (χ2n) is 12.2. The monoisotopic (exact) mass is 686 g/mol. The number of carbonyl (C=O) groups excluding carboxylic acids is 3. The molecule has 2 aromatic rings. The van der Waals surface area contributed by atoms with Crippen LogP contribution in [-0.4, -0.2) is 118 Å². The highest BCUT2D eigenvalue weighted by Crippen LogP contribution is 2.30. The fourth-order valence-electron chi connectivity index (χ4n) is 6.00. The lowest BCUT2D eigenvalue weighted by Gasteiger charge is -2.38. The zero-order valence-electron chi connectivity index (χ0n) is 28.9. The quantitative estimate of drug-likeness (QED) is 0.364. The van der Waals surface area contributed by atoms with Crippen molar-refractivity contribution in [1.82, 2.24) is 34.7 Å². The number of piperidine rings is 1. The third-order valence-electron chi connectivity index (χ3n) is 8.52. The topological polar surface area (TPSA) is 164 Å². The number of rotatable bonds is 10. The molecule has 5 rings (SSSR count). The molecule has 3 saturated heterocycles. The number of carbonyl (C=O) groups is 3. The van der Waals surface area contributed by atoms with Crippen LogP contribution in [0.15, 0.2) is 17.8 Å². The number of ketones is 1. The number of allylic oxidation sites excluding steroid dienone is 2. The van der Waals surface area contributed by atoms with Crippen molar-refractivity contribution in [2.75, 3.05) is 81.1 Å². The highest BCUT2D eigenvalue weighted by Gasteiger charge is 2.33. The first-order valence-corrected chi connectivity index (χ1v) is 17.1. The SMILES string of the molecule is CC.CC(C)=CC(=O)CCCC(=O)N1CCC(C(=O)N2CCN(c3nc(-c4cnc(N)nc4C(F)F)nc(N4CCOCC4)n3)CC2)CC1. The largest absolute Gasteiger partial charge is 0.378 e. The summed E-state index contributed by atoms with van der Waals surface area (Å²) >= 11 is 0. The Hall–Kier alpha value is -4.34. The van der Waals surface area contributed by atoms with E-state index in [9.17, 15) is 23.2 Å². The van der Waals surface area contributed by atoms with Gasteiger partial charge in [-0.1, -0.05) is 19.4 Å². The molecule has 268 valence electrons. The number of nitrogens with zero attached hydrogens (tertiary/aromatic N) is 9. The molecule has 5 heterocycles. The summed E-state index contributed by atoms with van der Waals surface area (Å²) in [6, 6.07) is 0. The minimum absolute atomic E-state index is 0.0195. The Kier molecular flexibility index (Phi) is 13.7. The molecule has 49 heavy (non-hydrogen) atoms. The molecular weight excluding hydrogens is 638 g/mol. The molecule has 0 saturated carbocycles. The van der Waals surface area contributed by atoms with E-state index in [0.29, 0.717) is 110 Å². The number of ether oxygens (including phenoxy) is 1. The molecule has 0 aliphatic carbocycles. The van der Waals surface area contributed by atoms with Gasteiger partial charge >= 0.3 is 0 Å². The standard InChI is InChI=1S/C31H42F2N10O4.C2H6/c1-20(2)18-22(44)4-3-5-24(45)40-8-6-21(7-9-40)28(46)41-10-12-42(13-11-41)30-37-27(23-19-35-29(34)36-25(23)26(32)33)38-31(39-30)43-14-16-47-17-15-43;1-2/h18-19,21,26H,3-17H2,1-2H3,(H2,34,35,36);1-2H3. The molecule has 16 heteroatoms. The second-order valence-corrected chi connectivity index (χ2v) is 12.2. The minimum atomic E-state index is -2.91. The van der Waals surface area contributed by atoms with E-state index in [0.717, 1.165) is 5.57 Å². The number of aromatic nitrogens is 5. The highest BCUT2D eigenvalue weighted by molar-refractivity contribution is 5.90. The van der Waals surface area contributed by atoms with Crippen LogP contribution in [0.5, 0.6) is 0 Å². The van der Waals surface area contributed by atoms with Crippen molar-refractivity contribution in [3.05, 3.63) is 23.5 Å². The van der Waals surface area contributed by atoms with E-state index >= 15 is 0 Å². The maximum absolute atomic E-state index is 13.9. The number of halogens is 2. The molecule has 2 N–H and O–H groups in total. The number of hydrogen-bond donors (Lipinski definition) is 1. The number of alkyl halides is 2. The number of nitrogen functional groups attached to an aromatic ring is 1. The van der Waals surface area contributed by atoms with Gasteiger partial charge in [-0.25, -0.2) is 18.7 Å². The Labute approximate surface area is 286 Å². The van der Waals surface area contributed by atoms with Crippen LogP contribution in [0.3, 0.4) is 0 Å². The van der Waals surface area contributed by atoms with E-state index in [-0.39, 0.29) is 40.9 Å². The number of amides is 2. The molecule has 0 unspecified atom stereocenters. The molecule has 0 bridgehead atoms. The zero-order chi connectivity index (χ0) is 35.5. The first kappa shape index (κ1) is 37.5. The Bertz CT molecular complexity index is 1470. The van der Waals surface area contributed by atoms with Crippen molar-refractivity contribution in [3.8, 4) is 11.4 Å². The van der Waals surface area contributed by atoms with Gasteiger partial charge in [0.15, 0.2) is 11.6 Å². The average Bonchev–Trinajstić information content (AvgIpc) is 3.12. The van der Waals surface area contributed by atoms with Crippen LogP contribution in [0.4, 0.5) is 26.6 Å². The number of nitrogens with two attached hydrogens (primary N) is 1. The third-order valence-corrected chi connectivity index (χ3v) is 8.52. The normalized spacial score (nSPS) is 17.0. The zero-order valence-corrected chi connectivity index (χ0v) is 28.9. The van der Waals surface area contributed by atoms with Crippen molar-refractivity contribution >= 4 is 35.4 Å². The van der Waals surface area contributed by atoms with Crippen molar-refractivity contribution in [3.63, 3.8) is 0 Å². The van der Waals surface area contributed by atoms with Gasteiger partial charge in [-0.3, -0.25) is 14.4 Å². The summed E-state index contributed by atoms with van der Waals surface area (Å²) in [5, 5.41) is 0. The summed E-state index contributed by atoms with van der Waals surface area (Å²) < 4.78 is 33.3. The van der Waals surface area contributed by atoms with Gasteiger partial charge in [0.25, 0.3) is 6.43 Å². The molecule has 3 fully saturated rings. The lowest BCUT2D eigenvalue weighted by molar-refractivity contribution is -0.141. The molecule has 0 atom stereocenters. The molecule has 14 nitrogen and oxygen atoms in total. The number of morpholine rings is 1. The van der Waals surface area contributed by atoms with E-state index in [1.807, 2.05) is 42.4 Å². The molecule has 0 radical (unpaired) electrons. The molecule has 2 amide bonds. The predicted octanol–water partition coefficient (Wildman–Crippen LogP) is 3.30. The lowest BCUT2D eigenvalue weighted by Crippen LogP contribution is -2.52. The van der Waals surface area contributed by atoms with Crippen LogP contribution in [0, 0.1) is 5.92 Å². The summed E-state index contributed by atoms with van der Waals surface area (Å²) in [6.45, 7) is 12.6. The first-order chi connectivity index (χ1) is 23.6. The number of piperazine rings is 1. The van der Waals surface area contributed by atoms with Crippen LogP contribution >= 0.6 is 0 Å². The number of likely N-dealkylation sites (tertiary alicyclic amines) is 1. The third kappa shape index (κ3) is 10.1. The van der Waals surface area contributed by atoms with E-state index in [1.54, 1.807) is 11.0 Å². The summed E-state index contributed by atoms with van der Waals surface area (Å²) in [5.41, 5.74) is 5.95. The van der Waals surface area contributed by atoms with Crippen LogP contribution in [-0.2, 0) is 19.1 Å². The van der Waals surface area contributed by atoms with Gasteiger partial charge < -0.3 is 30.1 Å². The van der Waals surface area contributed by atoms with Crippen molar-refractivity contribution in [2.24, 2.45) is 5.92 Å². The van der Waals surface area contributed by atoms with E-state index < -0.39 is 12.1 Å².